The Morgan fingerprint density at radius 2 is 1.12 bits per heavy atom. The van der Waals surface area contributed by atoms with E-state index >= 15 is 0 Å². The first kappa shape index (κ1) is 19.1. The summed E-state index contributed by atoms with van der Waals surface area (Å²) >= 11 is 0. The Bertz CT molecular complexity index is 586. The molecule has 0 aliphatic heterocycles. The number of methoxy groups -OCH3 is 1. The Kier molecular flexibility index (Phi) is 8.61. The van der Waals surface area contributed by atoms with E-state index in [1.54, 1.807) is 19.2 Å². The normalized spacial score (nSPS) is 10.6. The van der Waals surface area contributed by atoms with Crippen LogP contribution in [0.25, 0.3) is 0 Å². The van der Waals surface area contributed by atoms with E-state index in [1.165, 1.54) is 0 Å². The smallest absolute Gasteiger partial charge is 0.127 e. The maximum absolute atomic E-state index is 5.73. The van der Waals surface area contributed by atoms with Crippen molar-refractivity contribution in [3.8, 4) is 17.2 Å². The SMILES string of the molecule is COCCOCCOCCOc1ccc(Oc2ccc(N)cc2)cc1. The molecule has 6 heteroatoms. The highest BCUT2D eigenvalue weighted by molar-refractivity contribution is 5.43. The summed E-state index contributed by atoms with van der Waals surface area (Å²) in [5, 5.41) is 0. The molecule has 0 bridgehead atoms. The van der Waals surface area contributed by atoms with Crippen LogP contribution in [0.5, 0.6) is 17.2 Å². The lowest BCUT2D eigenvalue weighted by Gasteiger charge is -2.09. The van der Waals surface area contributed by atoms with Crippen LogP contribution in [0.2, 0.25) is 0 Å². The summed E-state index contributed by atoms with van der Waals surface area (Å²) in [6, 6.07) is 14.7. The van der Waals surface area contributed by atoms with Crippen LogP contribution in [0.4, 0.5) is 5.69 Å². The van der Waals surface area contributed by atoms with E-state index in [-0.39, 0.29) is 0 Å². The molecular weight excluding hydrogens is 322 g/mol. The molecule has 0 atom stereocenters. The van der Waals surface area contributed by atoms with Crippen LogP contribution in [-0.4, -0.2) is 46.8 Å². The molecule has 2 aromatic rings. The zero-order valence-electron chi connectivity index (χ0n) is 14.5. The minimum atomic E-state index is 0.482. The van der Waals surface area contributed by atoms with E-state index in [4.69, 9.17) is 29.4 Å². The van der Waals surface area contributed by atoms with E-state index in [0.29, 0.717) is 45.3 Å². The summed E-state index contributed by atoms with van der Waals surface area (Å²) in [5.41, 5.74) is 6.36. The maximum Gasteiger partial charge on any atom is 0.127 e. The van der Waals surface area contributed by atoms with Gasteiger partial charge in [0.1, 0.15) is 23.9 Å². The molecule has 0 amide bonds. The zero-order chi connectivity index (χ0) is 17.7. The molecule has 6 nitrogen and oxygen atoms in total. The minimum absolute atomic E-state index is 0.482. The number of benzene rings is 2. The van der Waals surface area contributed by atoms with E-state index in [9.17, 15) is 0 Å². The van der Waals surface area contributed by atoms with Crippen molar-refractivity contribution in [1.82, 2.24) is 0 Å². The Morgan fingerprint density at radius 1 is 0.640 bits per heavy atom. The van der Waals surface area contributed by atoms with Crippen molar-refractivity contribution < 1.29 is 23.7 Å². The fraction of sp³-hybridized carbons (Fsp3) is 0.368. The van der Waals surface area contributed by atoms with E-state index in [0.717, 1.165) is 17.2 Å². The maximum atomic E-state index is 5.73. The summed E-state index contributed by atoms with van der Waals surface area (Å²) in [7, 11) is 1.65. The quantitative estimate of drug-likeness (QED) is 0.470. The predicted octanol–water partition coefficient (Wildman–Crippen LogP) is 3.12. The predicted molar refractivity (Wildman–Crippen MR) is 96.4 cm³/mol. The molecule has 0 aliphatic carbocycles. The highest BCUT2D eigenvalue weighted by Crippen LogP contribution is 2.24. The number of nitrogens with two attached hydrogens (primary N) is 1. The van der Waals surface area contributed by atoms with Crippen molar-refractivity contribution in [2.45, 2.75) is 0 Å². The van der Waals surface area contributed by atoms with Gasteiger partial charge in [-0.25, -0.2) is 0 Å². The fourth-order valence-corrected chi connectivity index (χ4v) is 1.96. The van der Waals surface area contributed by atoms with E-state index in [1.807, 2.05) is 36.4 Å². The molecule has 25 heavy (non-hydrogen) atoms. The number of hydrogen-bond donors (Lipinski definition) is 1. The Hall–Kier alpha value is -2.28. The molecule has 2 N–H and O–H groups in total. The monoisotopic (exact) mass is 347 g/mol. The molecule has 0 aromatic heterocycles. The molecule has 0 aliphatic rings. The largest absolute Gasteiger partial charge is 0.491 e. The zero-order valence-corrected chi connectivity index (χ0v) is 14.5. The lowest BCUT2D eigenvalue weighted by Crippen LogP contribution is -2.12. The average molecular weight is 347 g/mol. The van der Waals surface area contributed by atoms with Gasteiger partial charge < -0.3 is 29.4 Å². The summed E-state index contributed by atoms with van der Waals surface area (Å²) in [5.74, 6) is 2.25. The highest BCUT2D eigenvalue weighted by Gasteiger charge is 1.99. The van der Waals surface area contributed by atoms with E-state index in [2.05, 4.69) is 0 Å². The van der Waals surface area contributed by atoms with Gasteiger partial charge in [-0.1, -0.05) is 0 Å². The van der Waals surface area contributed by atoms with Crippen LogP contribution in [0.1, 0.15) is 0 Å². The second-order valence-corrected chi connectivity index (χ2v) is 5.21. The van der Waals surface area contributed by atoms with Gasteiger partial charge in [-0.05, 0) is 48.5 Å². The van der Waals surface area contributed by atoms with Crippen LogP contribution < -0.4 is 15.2 Å². The number of ether oxygens (including phenoxy) is 5. The van der Waals surface area contributed by atoms with Gasteiger partial charge in [0.25, 0.3) is 0 Å². The van der Waals surface area contributed by atoms with Crippen molar-refractivity contribution in [3.05, 3.63) is 48.5 Å². The van der Waals surface area contributed by atoms with Crippen LogP contribution in [0, 0.1) is 0 Å². The van der Waals surface area contributed by atoms with Crippen molar-refractivity contribution in [2.75, 3.05) is 52.5 Å². The van der Waals surface area contributed by atoms with Gasteiger partial charge in [-0.15, -0.1) is 0 Å². The molecule has 0 fully saturated rings. The summed E-state index contributed by atoms with van der Waals surface area (Å²) in [4.78, 5) is 0. The van der Waals surface area contributed by atoms with Crippen molar-refractivity contribution in [3.63, 3.8) is 0 Å². The molecule has 0 unspecified atom stereocenters. The molecular formula is C19H25NO5. The molecule has 0 spiro atoms. The van der Waals surface area contributed by atoms with E-state index < -0.39 is 0 Å². The van der Waals surface area contributed by atoms with Crippen LogP contribution in [-0.2, 0) is 14.2 Å². The van der Waals surface area contributed by atoms with Gasteiger partial charge in [-0.2, -0.15) is 0 Å². The number of anilines is 1. The molecule has 0 radical (unpaired) electrons. The standard InChI is InChI=1S/C19H25NO5/c1-21-10-11-22-12-13-23-14-15-24-17-6-8-19(9-7-17)25-18-4-2-16(20)3-5-18/h2-9H,10-15,20H2,1H3. The van der Waals surface area contributed by atoms with Crippen LogP contribution >= 0.6 is 0 Å². The van der Waals surface area contributed by atoms with Crippen molar-refractivity contribution >= 4 is 5.69 Å². The van der Waals surface area contributed by atoms with Crippen molar-refractivity contribution in [1.29, 1.82) is 0 Å². The summed E-state index contributed by atoms with van der Waals surface area (Å²) in [6.45, 7) is 3.28. The first-order valence-corrected chi connectivity index (χ1v) is 8.18. The first-order chi connectivity index (χ1) is 12.3. The Balaban J connectivity index is 1.59. The third-order valence-electron chi connectivity index (χ3n) is 3.24. The van der Waals surface area contributed by atoms with Gasteiger partial charge in [0.05, 0.1) is 33.0 Å². The summed E-state index contributed by atoms with van der Waals surface area (Å²) in [6.07, 6.45) is 0. The van der Waals surface area contributed by atoms with Crippen LogP contribution in [0.15, 0.2) is 48.5 Å². The molecule has 0 saturated carbocycles. The number of hydrogen-bond acceptors (Lipinski definition) is 6. The third-order valence-corrected chi connectivity index (χ3v) is 3.24. The van der Waals surface area contributed by atoms with Gasteiger partial charge in [0.15, 0.2) is 0 Å². The van der Waals surface area contributed by atoms with Gasteiger partial charge in [0, 0.05) is 12.8 Å². The topological polar surface area (TPSA) is 72.2 Å². The second-order valence-electron chi connectivity index (χ2n) is 5.21. The number of rotatable bonds is 12. The molecule has 2 rings (SSSR count). The molecule has 136 valence electrons. The number of nitrogen functional groups attached to an aromatic ring is 1. The molecule has 2 aromatic carbocycles. The minimum Gasteiger partial charge on any atom is -0.491 e. The lowest BCUT2D eigenvalue weighted by atomic mass is 10.3. The molecule has 0 saturated heterocycles. The summed E-state index contributed by atoms with van der Waals surface area (Å²) < 4.78 is 26.9. The van der Waals surface area contributed by atoms with Crippen molar-refractivity contribution in [2.24, 2.45) is 0 Å². The average Bonchev–Trinajstić information content (AvgIpc) is 2.63. The Morgan fingerprint density at radius 3 is 1.72 bits per heavy atom. The van der Waals surface area contributed by atoms with Gasteiger partial charge >= 0.3 is 0 Å². The lowest BCUT2D eigenvalue weighted by molar-refractivity contribution is 0.0180. The molecule has 0 heterocycles. The fourth-order valence-electron chi connectivity index (χ4n) is 1.96. The van der Waals surface area contributed by atoms with Gasteiger partial charge in [-0.3, -0.25) is 0 Å². The van der Waals surface area contributed by atoms with Crippen LogP contribution in [0.3, 0.4) is 0 Å². The first-order valence-electron chi connectivity index (χ1n) is 8.18. The van der Waals surface area contributed by atoms with Gasteiger partial charge in [0.2, 0.25) is 0 Å². The highest BCUT2D eigenvalue weighted by atomic mass is 16.6. The Labute approximate surface area is 148 Å². The second kappa shape index (κ2) is 11.3. The third kappa shape index (κ3) is 7.89.